The molecule has 1 unspecified atom stereocenters. The van der Waals surface area contributed by atoms with Crippen molar-refractivity contribution in [3.05, 3.63) is 35.9 Å². The lowest BCUT2D eigenvalue weighted by Crippen LogP contribution is -2.37. The third kappa shape index (κ3) is 2.01. The molecule has 0 aromatic heterocycles. The van der Waals surface area contributed by atoms with Crippen LogP contribution in [0.2, 0.25) is 0 Å². The van der Waals surface area contributed by atoms with Gasteiger partial charge in [-0.25, -0.2) is 0 Å². The SMILES string of the molecule is CC1(C)O[C@H](c2ccccc2)[C@@H](CO)N1P. The van der Waals surface area contributed by atoms with Gasteiger partial charge in [0.15, 0.2) is 0 Å². The number of hydrogen-bond acceptors (Lipinski definition) is 3. The monoisotopic (exact) mass is 239 g/mol. The summed E-state index contributed by atoms with van der Waals surface area (Å²) in [4.78, 5) is 0. The van der Waals surface area contributed by atoms with E-state index in [0.717, 1.165) is 5.56 Å². The molecular formula is C12H18NO2P. The van der Waals surface area contributed by atoms with Gasteiger partial charge in [0.05, 0.1) is 12.6 Å². The minimum Gasteiger partial charge on any atom is -0.395 e. The summed E-state index contributed by atoms with van der Waals surface area (Å²) in [6.45, 7) is 4.10. The van der Waals surface area contributed by atoms with Crippen LogP contribution in [0, 0.1) is 0 Å². The number of aliphatic hydroxyl groups excluding tert-OH is 1. The lowest BCUT2D eigenvalue weighted by atomic mass is 10.0. The molecule has 1 fully saturated rings. The molecule has 1 aromatic rings. The second-order valence-electron chi connectivity index (χ2n) is 4.55. The zero-order chi connectivity index (χ0) is 11.8. The summed E-state index contributed by atoms with van der Waals surface area (Å²) in [5.74, 6) is 0. The van der Waals surface area contributed by atoms with Gasteiger partial charge in [-0.05, 0) is 19.4 Å². The van der Waals surface area contributed by atoms with Crippen molar-refractivity contribution in [3.63, 3.8) is 0 Å². The van der Waals surface area contributed by atoms with Crippen molar-refractivity contribution in [2.75, 3.05) is 6.61 Å². The molecule has 88 valence electrons. The van der Waals surface area contributed by atoms with Crippen molar-refractivity contribution in [1.82, 2.24) is 4.67 Å². The molecule has 1 aromatic carbocycles. The van der Waals surface area contributed by atoms with Crippen LogP contribution < -0.4 is 0 Å². The van der Waals surface area contributed by atoms with Crippen molar-refractivity contribution in [3.8, 4) is 0 Å². The minimum absolute atomic E-state index is 0.0117. The van der Waals surface area contributed by atoms with Crippen LogP contribution in [0.25, 0.3) is 0 Å². The zero-order valence-electron chi connectivity index (χ0n) is 9.63. The van der Waals surface area contributed by atoms with Gasteiger partial charge in [0.2, 0.25) is 0 Å². The standard InChI is InChI=1S/C12H18NO2P/c1-12(2)13(16)10(8-14)11(15-12)9-6-4-3-5-7-9/h3-7,10-11,14H,8,16H2,1-2H3/t10-,11-/m1/s1. The Morgan fingerprint density at radius 3 is 2.56 bits per heavy atom. The number of benzene rings is 1. The molecule has 0 spiro atoms. The van der Waals surface area contributed by atoms with Gasteiger partial charge in [0.1, 0.15) is 11.8 Å². The molecule has 3 atom stereocenters. The third-order valence-electron chi connectivity index (χ3n) is 3.06. The van der Waals surface area contributed by atoms with Crippen molar-refractivity contribution >= 4 is 9.39 Å². The van der Waals surface area contributed by atoms with Gasteiger partial charge in [0.25, 0.3) is 0 Å². The molecule has 1 aliphatic rings. The van der Waals surface area contributed by atoms with E-state index in [0.29, 0.717) is 0 Å². The Kier molecular flexibility index (Phi) is 3.32. The first kappa shape index (κ1) is 12.0. The third-order valence-corrected chi connectivity index (χ3v) is 4.06. The second-order valence-corrected chi connectivity index (χ2v) is 5.11. The molecule has 0 bridgehead atoms. The second kappa shape index (κ2) is 4.42. The minimum atomic E-state index is -0.363. The lowest BCUT2D eigenvalue weighted by molar-refractivity contribution is -0.0488. The van der Waals surface area contributed by atoms with Crippen LogP contribution in [-0.4, -0.2) is 28.2 Å². The fourth-order valence-electron chi connectivity index (χ4n) is 2.11. The average Bonchev–Trinajstić information content (AvgIpc) is 2.52. The van der Waals surface area contributed by atoms with E-state index >= 15 is 0 Å². The van der Waals surface area contributed by atoms with E-state index in [2.05, 4.69) is 9.39 Å². The fraction of sp³-hybridized carbons (Fsp3) is 0.500. The summed E-state index contributed by atoms with van der Waals surface area (Å²) < 4.78 is 8.00. The molecule has 1 N–H and O–H groups in total. The van der Waals surface area contributed by atoms with Gasteiger partial charge in [-0.2, -0.15) is 0 Å². The Morgan fingerprint density at radius 2 is 2.00 bits per heavy atom. The predicted octanol–water partition coefficient (Wildman–Crippen LogP) is 1.95. The molecule has 0 saturated carbocycles. The quantitative estimate of drug-likeness (QED) is 0.801. The first-order valence-corrected chi connectivity index (χ1v) is 5.95. The van der Waals surface area contributed by atoms with Crippen LogP contribution in [0.15, 0.2) is 30.3 Å². The molecular weight excluding hydrogens is 221 g/mol. The van der Waals surface area contributed by atoms with Crippen LogP contribution in [0.1, 0.15) is 25.5 Å². The number of hydrogen-bond donors (Lipinski definition) is 1. The van der Waals surface area contributed by atoms with E-state index in [9.17, 15) is 5.11 Å². The maximum atomic E-state index is 9.47. The van der Waals surface area contributed by atoms with Crippen molar-refractivity contribution < 1.29 is 9.84 Å². The van der Waals surface area contributed by atoms with E-state index in [1.165, 1.54) is 0 Å². The number of aliphatic hydroxyl groups is 1. The van der Waals surface area contributed by atoms with Gasteiger partial charge in [-0.3, -0.25) is 4.67 Å². The van der Waals surface area contributed by atoms with E-state index in [1.54, 1.807) is 0 Å². The van der Waals surface area contributed by atoms with E-state index < -0.39 is 0 Å². The van der Waals surface area contributed by atoms with E-state index in [-0.39, 0.29) is 24.5 Å². The van der Waals surface area contributed by atoms with Gasteiger partial charge < -0.3 is 9.84 Å². The van der Waals surface area contributed by atoms with Crippen molar-refractivity contribution in [2.45, 2.75) is 31.7 Å². The normalized spacial score (nSPS) is 29.5. The molecule has 1 saturated heterocycles. The Labute approximate surface area is 98.7 Å². The Hall–Kier alpha value is -0.470. The Morgan fingerprint density at radius 1 is 1.38 bits per heavy atom. The topological polar surface area (TPSA) is 32.7 Å². The van der Waals surface area contributed by atoms with Crippen LogP contribution in [0.5, 0.6) is 0 Å². The lowest BCUT2D eigenvalue weighted by Gasteiger charge is -2.27. The molecule has 4 heteroatoms. The maximum Gasteiger partial charge on any atom is 0.120 e. The number of rotatable bonds is 2. The van der Waals surface area contributed by atoms with E-state index in [4.69, 9.17) is 4.74 Å². The van der Waals surface area contributed by atoms with Crippen LogP contribution in [0.4, 0.5) is 0 Å². The summed E-state index contributed by atoms with van der Waals surface area (Å²) in [6, 6.07) is 10.0. The van der Waals surface area contributed by atoms with Crippen molar-refractivity contribution in [1.29, 1.82) is 0 Å². The van der Waals surface area contributed by atoms with E-state index in [1.807, 2.05) is 48.8 Å². The molecule has 0 amide bonds. The largest absolute Gasteiger partial charge is 0.395 e. The molecule has 3 nitrogen and oxygen atoms in total. The highest BCUT2D eigenvalue weighted by Gasteiger charge is 2.45. The molecule has 1 heterocycles. The smallest absolute Gasteiger partial charge is 0.120 e. The van der Waals surface area contributed by atoms with Gasteiger partial charge in [-0.15, -0.1) is 0 Å². The highest BCUT2D eigenvalue weighted by Crippen LogP contribution is 2.42. The first-order chi connectivity index (χ1) is 7.56. The Balaban J connectivity index is 2.29. The van der Waals surface area contributed by atoms with Crippen LogP contribution in [0.3, 0.4) is 0 Å². The predicted molar refractivity (Wildman–Crippen MR) is 66.8 cm³/mol. The molecule has 0 aliphatic carbocycles. The fourth-order valence-corrected chi connectivity index (χ4v) is 2.42. The summed E-state index contributed by atoms with van der Waals surface area (Å²) >= 11 is 0. The summed E-state index contributed by atoms with van der Waals surface area (Å²) in [6.07, 6.45) is -0.0706. The highest BCUT2D eigenvalue weighted by atomic mass is 31.0. The van der Waals surface area contributed by atoms with Gasteiger partial charge in [-0.1, -0.05) is 39.7 Å². The van der Waals surface area contributed by atoms with Crippen LogP contribution >= 0.6 is 9.39 Å². The maximum absolute atomic E-state index is 9.47. The Bertz CT molecular complexity index is 355. The molecule has 2 rings (SSSR count). The number of ether oxygens (including phenoxy) is 1. The van der Waals surface area contributed by atoms with Gasteiger partial charge >= 0.3 is 0 Å². The molecule has 1 aliphatic heterocycles. The highest BCUT2D eigenvalue weighted by molar-refractivity contribution is 7.13. The molecule has 0 radical (unpaired) electrons. The van der Waals surface area contributed by atoms with Gasteiger partial charge in [0, 0.05) is 0 Å². The zero-order valence-corrected chi connectivity index (χ0v) is 10.8. The van der Waals surface area contributed by atoms with Crippen LogP contribution in [-0.2, 0) is 4.74 Å². The average molecular weight is 239 g/mol. The van der Waals surface area contributed by atoms with Crippen molar-refractivity contribution in [2.24, 2.45) is 0 Å². The first-order valence-electron chi connectivity index (χ1n) is 5.44. The molecule has 16 heavy (non-hydrogen) atoms. The summed E-state index contributed by atoms with van der Waals surface area (Å²) in [7, 11) is 2.65. The summed E-state index contributed by atoms with van der Waals surface area (Å²) in [5, 5.41) is 9.47. The number of nitrogens with zero attached hydrogens (tertiary/aromatic N) is 1. The summed E-state index contributed by atoms with van der Waals surface area (Å²) in [5.41, 5.74) is 0.748.